The maximum atomic E-state index is 12.4. The second kappa shape index (κ2) is 8.47. The SMILES string of the molecule is CCCNCc1n[nH]c(C)c1S(=O)(=O)NCC(C)OCC. The predicted molar refractivity (Wildman–Crippen MR) is 81.6 cm³/mol. The average molecular weight is 318 g/mol. The van der Waals surface area contributed by atoms with E-state index in [0.717, 1.165) is 13.0 Å². The number of aryl methyl sites for hydroxylation is 1. The van der Waals surface area contributed by atoms with E-state index in [1.165, 1.54) is 0 Å². The van der Waals surface area contributed by atoms with Gasteiger partial charge in [0.05, 0.1) is 17.5 Å². The van der Waals surface area contributed by atoms with Crippen molar-refractivity contribution in [2.24, 2.45) is 0 Å². The molecular formula is C13H26N4O3S. The summed E-state index contributed by atoms with van der Waals surface area (Å²) in [6.45, 7) is 9.51. The molecule has 0 bridgehead atoms. The van der Waals surface area contributed by atoms with Crippen LogP contribution in [0.5, 0.6) is 0 Å². The molecule has 1 aromatic heterocycles. The van der Waals surface area contributed by atoms with Gasteiger partial charge in [-0.3, -0.25) is 5.10 Å². The monoisotopic (exact) mass is 318 g/mol. The van der Waals surface area contributed by atoms with Gasteiger partial charge in [-0.15, -0.1) is 0 Å². The molecule has 1 rings (SSSR count). The van der Waals surface area contributed by atoms with Crippen molar-refractivity contribution in [3.05, 3.63) is 11.4 Å². The molecule has 8 heteroatoms. The molecule has 0 spiro atoms. The first-order valence-electron chi connectivity index (χ1n) is 7.28. The highest BCUT2D eigenvalue weighted by Crippen LogP contribution is 2.17. The molecule has 1 aromatic rings. The number of aromatic nitrogens is 2. The molecule has 1 heterocycles. The fourth-order valence-corrected chi connectivity index (χ4v) is 3.45. The average Bonchev–Trinajstić information content (AvgIpc) is 2.79. The predicted octanol–water partition coefficient (Wildman–Crippen LogP) is 0.921. The lowest BCUT2D eigenvalue weighted by Gasteiger charge is -2.13. The number of aromatic amines is 1. The Morgan fingerprint density at radius 3 is 2.71 bits per heavy atom. The van der Waals surface area contributed by atoms with Gasteiger partial charge in [0, 0.05) is 19.7 Å². The Bertz CT molecular complexity index is 528. The number of ether oxygens (including phenoxy) is 1. The minimum Gasteiger partial charge on any atom is -0.377 e. The third-order valence-electron chi connectivity index (χ3n) is 2.96. The highest BCUT2D eigenvalue weighted by Gasteiger charge is 2.24. The number of nitrogens with zero attached hydrogens (tertiary/aromatic N) is 1. The molecule has 122 valence electrons. The van der Waals surface area contributed by atoms with Gasteiger partial charge in [-0.05, 0) is 33.7 Å². The van der Waals surface area contributed by atoms with Gasteiger partial charge in [-0.1, -0.05) is 6.92 Å². The zero-order valence-corrected chi connectivity index (χ0v) is 14.0. The van der Waals surface area contributed by atoms with Crippen LogP contribution in [0, 0.1) is 6.92 Å². The molecule has 0 saturated carbocycles. The second-order valence-corrected chi connectivity index (χ2v) is 6.62. The van der Waals surface area contributed by atoms with E-state index in [1.54, 1.807) is 6.92 Å². The maximum absolute atomic E-state index is 12.4. The number of nitrogens with one attached hydrogen (secondary N) is 3. The molecule has 21 heavy (non-hydrogen) atoms. The van der Waals surface area contributed by atoms with Crippen LogP contribution in [-0.2, 0) is 21.3 Å². The summed E-state index contributed by atoms with van der Waals surface area (Å²) in [6.07, 6.45) is 0.814. The number of sulfonamides is 1. The van der Waals surface area contributed by atoms with Gasteiger partial charge < -0.3 is 10.1 Å². The van der Waals surface area contributed by atoms with E-state index in [4.69, 9.17) is 4.74 Å². The Labute approximate surface area is 126 Å². The Kier molecular flexibility index (Phi) is 7.30. The van der Waals surface area contributed by atoms with E-state index in [2.05, 4.69) is 27.2 Å². The molecular weight excluding hydrogens is 292 g/mol. The lowest BCUT2D eigenvalue weighted by atomic mass is 10.3. The van der Waals surface area contributed by atoms with Crippen LogP contribution in [0.2, 0.25) is 0 Å². The summed E-state index contributed by atoms with van der Waals surface area (Å²) in [7, 11) is -3.59. The summed E-state index contributed by atoms with van der Waals surface area (Å²) in [6, 6.07) is 0. The van der Waals surface area contributed by atoms with Crippen molar-refractivity contribution in [2.75, 3.05) is 19.7 Å². The summed E-state index contributed by atoms with van der Waals surface area (Å²) in [5.41, 5.74) is 1.05. The van der Waals surface area contributed by atoms with Gasteiger partial charge in [0.25, 0.3) is 0 Å². The Balaban J connectivity index is 2.79. The molecule has 1 atom stereocenters. The first-order chi connectivity index (χ1) is 9.92. The Morgan fingerprint density at radius 2 is 2.10 bits per heavy atom. The summed E-state index contributed by atoms with van der Waals surface area (Å²) in [5.74, 6) is 0. The van der Waals surface area contributed by atoms with Crippen molar-refractivity contribution >= 4 is 10.0 Å². The fraction of sp³-hybridized carbons (Fsp3) is 0.769. The first kappa shape index (κ1) is 18.1. The van der Waals surface area contributed by atoms with E-state index in [1.807, 2.05) is 13.8 Å². The van der Waals surface area contributed by atoms with Crippen LogP contribution in [0.15, 0.2) is 4.90 Å². The van der Waals surface area contributed by atoms with Crippen molar-refractivity contribution in [3.8, 4) is 0 Å². The first-order valence-corrected chi connectivity index (χ1v) is 8.76. The van der Waals surface area contributed by atoms with Gasteiger partial charge in [0.1, 0.15) is 4.90 Å². The topological polar surface area (TPSA) is 96.1 Å². The molecule has 3 N–H and O–H groups in total. The van der Waals surface area contributed by atoms with E-state index in [-0.39, 0.29) is 17.5 Å². The third-order valence-corrected chi connectivity index (χ3v) is 4.59. The number of hydrogen-bond donors (Lipinski definition) is 3. The van der Waals surface area contributed by atoms with Crippen LogP contribution in [0.4, 0.5) is 0 Å². The van der Waals surface area contributed by atoms with Crippen molar-refractivity contribution in [1.82, 2.24) is 20.2 Å². The smallest absolute Gasteiger partial charge is 0.244 e. The van der Waals surface area contributed by atoms with Gasteiger partial charge in [-0.25, -0.2) is 13.1 Å². The molecule has 0 saturated heterocycles. The van der Waals surface area contributed by atoms with Crippen LogP contribution in [0.1, 0.15) is 38.6 Å². The van der Waals surface area contributed by atoms with Gasteiger partial charge in [0.2, 0.25) is 10.0 Å². The molecule has 0 radical (unpaired) electrons. The molecule has 0 fully saturated rings. The molecule has 0 aliphatic rings. The number of rotatable bonds is 10. The zero-order chi connectivity index (χ0) is 15.9. The Hall–Kier alpha value is -0.960. The standard InChI is InChI=1S/C13H26N4O3S/c1-5-7-14-9-12-13(11(4)16-17-12)21(18,19)15-8-10(3)20-6-2/h10,14-15H,5-9H2,1-4H3,(H,16,17). The minimum atomic E-state index is -3.59. The van der Waals surface area contributed by atoms with Crippen LogP contribution in [0.25, 0.3) is 0 Å². The molecule has 7 nitrogen and oxygen atoms in total. The molecule has 0 amide bonds. The highest BCUT2D eigenvalue weighted by atomic mass is 32.2. The van der Waals surface area contributed by atoms with Gasteiger partial charge >= 0.3 is 0 Å². The summed E-state index contributed by atoms with van der Waals surface area (Å²) >= 11 is 0. The van der Waals surface area contributed by atoms with E-state index in [0.29, 0.717) is 24.5 Å². The summed E-state index contributed by atoms with van der Waals surface area (Å²) in [4.78, 5) is 0.231. The molecule has 0 aliphatic heterocycles. The van der Waals surface area contributed by atoms with Crippen molar-refractivity contribution in [2.45, 2.75) is 51.7 Å². The van der Waals surface area contributed by atoms with Crippen molar-refractivity contribution in [3.63, 3.8) is 0 Å². The lowest BCUT2D eigenvalue weighted by Crippen LogP contribution is -2.33. The maximum Gasteiger partial charge on any atom is 0.244 e. The number of H-pyrrole nitrogens is 1. The highest BCUT2D eigenvalue weighted by molar-refractivity contribution is 7.89. The number of hydrogen-bond acceptors (Lipinski definition) is 5. The third kappa shape index (κ3) is 5.39. The largest absolute Gasteiger partial charge is 0.377 e. The van der Waals surface area contributed by atoms with Gasteiger partial charge in [-0.2, -0.15) is 5.10 Å². The molecule has 0 aliphatic carbocycles. The van der Waals surface area contributed by atoms with Crippen molar-refractivity contribution < 1.29 is 13.2 Å². The van der Waals surface area contributed by atoms with Gasteiger partial charge in [0.15, 0.2) is 0 Å². The van der Waals surface area contributed by atoms with Crippen molar-refractivity contribution in [1.29, 1.82) is 0 Å². The quantitative estimate of drug-likeness (QED) is 0.558. The lowest BCUT2D eigenvalue weighted by molar-refractivity contribution is 0.0799. The minimum absolute atomic E-state index is 0.168. The van der Waals surface area contributed by atoms with Crippen LogP contribution >= 0.6 is 0 Å². The van der Waals surface area contributed by atoms with Crippen LogP contribution < -0.4 is 10.0 Å². The van der Waals surface area contributed by atoms with E-state index < -0.39 is 10.0 Å². The fourth-order valence-electron chi connectivity index (χ4n) is 1.97. The second-order valence-electron chi connectivity index (χ2n) is 4.92. The molecule has 0 aromatic carbocycles. The van der Waals surface area contributed by atoms with E-state index in [9.17, 15) is 8.42 Å². The zero-order valence-electron chi connectivity index (χ0n) is 13.2. The molecule has 1 unspecified atom stereocenters. The summed E-state index contributed by atoms with van der Waals surface area (Å²) in [5, 5.41) is 9.98. The Morgan fingerprint density at radius 1 is 1.38 bits per heavy atom. The van der Waals surface area contributed by atoms with Crippen LogP contribution in [0.3, 0.4) is 0 Å². The van der Waals surface area contributed by atoms with E-state index >= 15 is 0 Å². The summed E-state index contributed by atoms with van der Waals surface area (Å²) < 4.78 is 32.8. The normalized spacial score (nSPS) is 13.5. The van der Waals surface area contributed by atoms with Crippen LogP contribution in [-0.4, -0.2) is 44.4 Å².